The second-order valence-corrected chi connectivity index (χ2v) is 7.88. The molecule has 0 radical (unpaired) electrons. The van der Waals surface area contributed by atoms with Crippen molar-refractivity contribution >= 4 is 33.1 Å². The molecule has 1 fully saturated rings. The first-order valence-electron chi connectivity index (χ1n) is 6.80. The number of hydrogen-bond donors (Lipinski definition) is 2. The van der Waals surface area contributed by atoms with Crippen LogP contribution in [0.5, 0.6) is 0 Å². The average molecular weight is 371 g/mol. The first-order valence-corrected chi connectivity index (χ1v) is 8.41. The van der Waals surface area contributed by atoms with Crippen molar-refractivity contribution in [3.8, 4) is 10.6 Å². The number of thiophene rings is 1. The third kappa shape index (κ3) is 3.41. The van der Waals surface area contributed by atoms with Gasteiger partial charge in [-0.3, -0.25) is 0 Å². The predicted molar refractivity (Wildman–Crippen MR) is 87.2 cm³/mol. The molecule has 1 saturated carbocycles. The van der Waals surface area contributed by atoms with Gasteiger partial charge in [0.25, 0.3) is 0 Å². The van der Waals surface area contributed by atoms with Crippen molar-refractivity contribution in [1.82, 2.24) is 10.2 Å². The third-order valence-corrected chi connectivity index (χ3v) is 5.38. The lowest BCUT2D eigenvalue weighted by Gasteiger charge is -2.40. The van der Waals surface area contributed by atoms with Gasteiger partial charge in [-0.1, -0.05) is 0 Å². The third-order valence-electron chi connectivity index (χ3n) is 3.74. The van der Waals surface area contributed by atoms with E-state index in [1.54, 1.807) is 11.3 Å². The number of nitrogens with zero attached hydrogens (tertiary/aromatic N) is 2. The average Bonchev–Trinajstić information content (AvgIpc) is 2.89. The Kier molecular flexibility index (Phi) is 4.24. The summed E-state index contributed by atoms with van der Waals surface area (Å²) in [5, 5.41) is 11.6. The van der Waals surface area contributed by atoms with Gasteiger partial charge in [-0.2, -0.15) is 0 Å². The Bertz CT molecular complexity index is 610. The highest BCUT2D eigenvalue weighted by molar-refractivity contribution is 9.11. The molecule has 2 aromatic rings. The van der Waals surface area contributed by atoms with Gasteiger partial charge < -0.3 is 11.1 Å². The van der Waals surface area contributed by atoms with Crippen molar-refractivity contribution in [3.63, 3.8) is 0 Å². The Morgan fingerprint density at radius 2 is 2.14 bits per heavy atom. The molecular weight excluding hydrogens is 355 g/mol. The number of nitrogens with one attached hydrogen (secondary N) is 1. The molecule has 21 heavy (non-hydrogen) atoms. The van der Waals surface area contributed by atoms with Gasteiger partial charge in [-0.25, -0.2) is 4.39 Å². The van der Waals surface area contributed by atoms with Crippen molar-refractivity contribution in [2.45, 2.75) is 18.5 Å². The minimum Gasteiger partial charge on any atom is -0.368 e. The monoisotopic (exact) mass is 370 g/mol. The Hall–Kier alpha value is -1.05. The van der Waals surface area contributed by atoms with E-state index in [2.05, 4.69) is 31.4 Å². The molecule has 112 valence electrons. The van der Waals surface area contributed by atoms with Gasteiger partial charge in [0.1, 0.15) is 17.2 Å². The van der Waals surface area contributed by atoms with Gasteiger partial charge in [-0.05, 0) is 59.0 Å². The summed E-state index contributed by atoms with van der Waals surface area (Å²) in [5.74, 6) is 1.05. The zero-order chi connectivity index (χ0) is 14.9. The zero-order valence-electron chi connectivity index (χ0n) is 11.4. The molecule has 0 atom stereocenters. The van der Waals surface area contributed by atoms with Crippen molar-refractivity contribution in [2.75, 3.05) is 18.4 Å². The van der Waals surface area contributed by atoms with E-state index in [9.17, 15) is 4.39 Å². The summed E-state index contributed by atoms with van der Waals surface area (Å²) in [7, 11) is 0. The van der Waals surface area contributed by atoms with Crippen LogP contribution >= 0.6 is 27.3 Å². The van der Waals surface area contributed by atoms with Gasteiger partial charge in [0.2, 0.25) is 0 Å². The van der Waals surface area contributed by atoms with Crippen molar-refractivity contribution in [1.29, 1.82) is 0 Å². The minimum atomic E-state index is -1.14. The highest BCUT2D eigenvalue weighted by atomic mass is 79.9. The molecule has 0 spiro atoms. The van der Waals surface area contributed by atoms with Gasteiger partial charge in [-0.15, -0.1) is 21.5 Å². The lowest BCUT2D eigenvalue weighted by molar-refractivity contribution is 0.0219. The maximum absolute atomic E-state index is 13.7. The number of anilines is 1. The quantitative estimate of drug-likeness (QED) is 0.845. The van der Waals surface area contributed by atoms with Crippen LogP contribution in [-0.2, 0) is 0 Å². The zero-order valence-corrected chi connectivity index (χ0v) is 13.8. The summed E-state index contributed by atoms with van der Waals surface area (Å²) >= 11 is 5.05. The van der Waals surface area contributed by atoms with E-state index in [4.69, 9.17) is 5.73 Å². The van der Waals surface area contributed by atoms with Gasteiger partial charge in [0, 0.05) is 13.1 Å². The van der Waals surface area contributed by atoms with Crippen LogP contribution in [-0.4, -0.2) is 29.0 Å². The maximum atomic E-state index is 13.7. The highest BCUT2D eigenvalue weighted by Crippen LogP contribution is 2.40. The summed E-state index contributed by atoms with van der Waals surface area (Å²) in [5.41, 5.74) is 5.10. The van der Waals surface area contributed by atoms with Crippen LogP contribution in [0.25, 0.3) is 10.6 Å². The molecule has 1 aliphatic rings. The van der Waals surface area contributed by atoms with Crippen molar-refractivity contribution in [2.24, 2.45) is 11.7 Å². The molecule has 4 nitrogen and oxygen atoms in total. The fraction of sp³-hybridized carbons (Fsp3) is 0.429. The molecule has 3 N–H and O–H groups in total. The number of aromatic nitrogens is 2. The maximum Gasteiger partial charge on any atom is 0.148 e. The highest BCUT2D eigenvalue weighted by Gasteiger charge is 2.43. The largest absolute Gasteiger partial charge is 0.368 e. The lowest BCUT2D eigenvalue weighted by atomic mass is 9.72. The molecule has 0 aliphatic heterocycles. The molecule has 0 unspecified atom stereocenters. The molecular formula is C14H16BrFN4S. The van der Waals surface area contributed by atoms with E-state index in [1.807, 2.05) is 24.3 Å². The summed E-state index contributed by atoms with van der Waals surface area (Å²) in [6.45, 7) is 0.832. The molecule has 7 heteroatoms. The SMILES string of the molecule is NCC1(F)CC(CNc2ccc(-c3ccc(Br)s3)nn2)C1. The van der Waals surface area contributed by atoms with Crippen LogP contribution in [0.2, 0.25) is 0 Å². The molecule has 1 aliphatic carbocycles. The van der Waals surface area contributed by atoms with E-state index in [-0.39, 0.29) is 6.54 Å². The number of alkyl halides is 1. The van der Waals surface area contributed by atoms with Crippen molar-refractivity contribution < 1.29 is 4.39 Å². The van der Waals surface area contributed by atoms with Gasteiger partial charge >= 0.3 is 0 Å². The Labute approximate surface area is 135 Å². The van der Waals surface area contributed by atoms with Gasteiger partial charge in [0.15, 0.2) is 0 Å². The van der Waals surface area contributed by atoms with E-state index >= 15 is 0 Å². The van der Waals surface area contributed by atoms with Crippen LogP contribution in [0.4, 0.5) is 10.2 Å². The Morgan fingerprint density at radius 1 is 1.33 bits per heavy atom. The Morgan fingerprint density at radius 3 is 2.71 bits per heavy atom. The fourth-order valence-corrected chi connectivity index (χ4v) is 3.90. The molecule has 0 saturated heterocycles. The van der Waals surface area contributed by atoms with E-state index < -0.39 is 5.67 Å². The summed E-state index contributed by atoms with van der Waals surface area (Å²) in [6.07, 6.45) is 1.07. The van der Waals surface area contributed by atoms with Crippen LogP contribution in [0.3, 0.4) is 0 Å². The molecule has 2 aromatic heterocycles. The number of rotatable bonds is 5. The van der Waals surface area contributed by atoms with E-state index in [0.29, 0.717) is 25.3 Å². The van der Waals surface area contributed by atoms with Crippen molar-refractivity contribution in [3.05, 3.63) is 28.1 Å². The number of hydrogen-bond acceptors (Lipinski definition) is 5. The summed E-state index contributed by atoms with van der Waals surface area (Å²) in [6, 6.07) is 7.84. The smallest absolute Gasteiger partial charge is 0.148 e. The summed E-state index contributed by atoms with van der Waals surface area (Å²) in [4.78, 5) is 1.07. The van der Waals surface area contributed by atoms with E-state index in [1.165, 1.54) is 0 Å². The van der Waals surface area contributed by atoms with E-state index in [0.717, 1.165) is 20.2 Å². The predicted octanol–water partition coefficient (Wildman–Crippen LogP) is 3.46. The topological polar surface area (TPSA) is 63.8 Å². The van der Waals surface area contributed by atoms with Crippen LogP contribution in [0.1, 0.15) is 12.8 Å². The van der Waals surface area contributed by atoms with Crippen LogP contribution < -0.4 is 11.1 Å². The van der Waals surface area contributed by atoms with Crippen LogP contribution in [0, 0.1) is 5.92 Å². The normalized spacial score (nSPS) is 24.6. The minimum absolute atomic E-state index is 0.119. The van der Waals surface area contributed by atoms with Crippen LogP contribution in [0.15, 0.2) is 28.1 Å². The number of nitrogens with two attached hydrogens (primary N) is 1. The molecule has 2 heterocycles. The second-order valence-electron chi connectivity index (χ2n) is 5.42. The molecule has 0 amide bonds. The number of halogens is 2. The first kappa shape index (κ1) is 14.9. The Balaban J connectivity index is 1.54. The lowest BCUT2D eigenvalue weighted by Crippen LogP contribution is -2.48. The first-order chi connectivity index (χ1) is 10.1. The molecule has 0 bridgehead atoms. The molecule has 0 aromatic carbocycles. The second kappa shape index (κ2) is 5.98. The standard InChI is InChI=1S/C14H16BrFN4S/c15-12-3-2-11(21-12)10-1-4-13(20-19-10)18-7-9-5-14(16,6-9)8-17/h1-4,9H,5-8,17H2,(H,18,20). The van der Waals surface area contributed by atoms with Gasteiger partial charge in [0.05, 0.1) is 8.66 Å². The fourth-order valence-electron chi connectivity index (χ4n) is 2.54. The molecule has 3 rings (SSSR count). The summed E-state index contributed by atoms with van der Waals surface area (Å²) < 4.78 is 14.7.